The molecular weight excluding hydrogens is 159 g/mol. The van der Waals surface area contributed by atoms with Crippen LogP contribution in [0.25, 0.3) is 0 Å². The summed E-state index contributed by atoms with van der Waals surface area (Å²) in [6.45, 7) is 0.567. The van der Waals surface area contributed by atoms with Crippen LogP contribution in [0.3, 0.4) is 0 Å². The van der Waals surface area contributed by atoms with E-state index in [1.165, 1.54) is 0 Å². The monoisotopic (exact) mass is 169 g/mol. The van der Waals surface area contributed by atoms with Crippen LogP contribution in [0.4, 0.5) is 13.2 Å². The fourth-order valence-electron chi connectivity index (χ4n) is 1.21. The van der Waals surface area contributed by atoms with E-state index >= 15 is 0 Å². The van der Waals surface area contributed by atoms with Crippen molar-refractivity contribution in [1.82, 2.24) is 5.32 Å². The van der Waals surface area contributed by atoms with E-state index in [2.05, 4.69) is 5.32 Å². The predicted octanol–water partition coefficient (Wildman–Crippen LogP) is 0.662. The van der Waals surface area contributed by atoms with Crippen LogP contribution in [-0.4, -0.2) is 30.0 Å². The van der Waals surface area contributed by atoms with Crippen molar-refractivity contribution in [3.8, 4) is 0 Å². The molecule has 66 valence electrons. The molecule has 0 aliphatic carbocycles. The Kier molecular flexibility index (Phi) is 2.39. The van der Waals surface area contributed by atoms with Gasteiger partial charge < -0.3 is 10.4 Å². The van der Waals surface area contributed by atoms with E-state index in [1.807, 2.05) is 0 Å². The molecule has 1 fully saturated rings. The molecule has 2 atom stereocenters. The van der Waals surface area contributed by atoms with Crippen LogP contribution in [0.2, 0.25) is 0 Å². The first-order valence-corrected chi connectivity index (χ1v) is 3.50. The van der Waals surface area contributed by atoms with Gasteiger partial charge in [-0.05, 0) is 19.4 Å². The second-order valence-electron chi connectivity index (χ2n) is 2.69. The normalized spacial score (nSPS) is 28.9. The molecule has 0 unspecified atom stereocenters. The standard InChI is InChI=1S/C6H10F3NO/c7-6(8,9)5(11)4-2-1-3-10-4/h4-5,10-11H,1-3H2/t4-,5+/m0/s1. The minimum Gasteiger partial charge on any atom is -0.382 e. The third-order valence-corrected chi connectivity index (χ3v) is 1.81. The van der Waals surface area contributed by atoms with Crippen molar-refractivity contribution in [2.24, 2.45) is 0 Å². The summed E-state index contributed by atoms with van der Waals surface area (Å²) in [7, 11) is 0. The van der Waals surface area contributed by atoms with Crippen LogP contribution in [0.1, 0.15) is 12.8 Å². The highest BCUT2D eigenvalue weighted by molar-refractivity contribution is 4.85. The van der Waals surface area contributed by atoms with Gasteiger partial charge in [-0.15, -0.1) is 0 Å². The molecule has 0 radical (unpaired) electrons. The van der Waals surface area contributed by atoms with E-state index in [9.17, 15) is 13.2 Å². The molecule has 1 aliphatic rings. The molecule has 2 nitrogen and oxygen atoms in total. The molecule has 1 rings (SSSR count). The van der Waals surface area contributed by atoms with Gasteiger partial charge in [0, 0.05) is 6.04 Å². The van der Waals surface area contributed by atoms with Crippen LogP contribution in [0, 0.1) is 0 Å². The Hall–Kier alpha value is -0.290. The van der Waals surface area contributed by atoms with Crippen molar-refractivity contribution in [3.05, 3.63) is 0 Å². The van der Waals surface area contributed by atoms with Crippen LogP contribution < -0.4 is 5.32 Å². The number of hydrogen-bond acceptors (Lipinski definition) is 2. The molecular formula is C6H10F3NO. The van der Waals surface area contributed by atoms with Crippen LogP contribution in [-0.2, 0) is 0 Å². The molecule has 0 aromatic carbocycles. The van der Waals surface area contributed by atoms with Gasteiger partial charge in [-0.2, -0.15) is 13.2 Å². The summed E-state index contributed by atoms with van der Waals surface area (Å²) in [4.78, 5) is 0. The van der Waals surface area contributed by atoms with Gasteiger partial charge in [0.1, 0.15) is 0 Å². The van der Waals surface area contributed by atoms with E-state index in [1.54, 1.807) is 0 Å². The number of aliphatic hydroxyl groups excluding tert-OH is 1. The van der Waals surface area contributed by atoms with E-state index in [0.29, 0.717) is 19.4 Å². The summed E-state index contributed by atoms with van der Waals surface area (Å²) in [5.74, 6) is 0. The van der Waals surface area contributed by atoms with Gasteiger partial charge in [0.2, 0.25) is 0 Å². The van der Waals surface area contributed by atoms with E-state index in [-0.39, 0.29) is 0 Å². The average molecular weight is 169 g/mol. The lowest BCUT2D eigenvalue weighted by molar-refractivity contribution is -0.210. The predicted molar refractivity (Wildman–Crippen MR) is 33.1 cm³/mol. The maximum atomic E-state index is 11.8. The molecule has 0 amide bonds. The zero-order valence-corrected chi connectivity index (χ0v) is 5.86. The number of nitrogens with one attached hydrogen (secondary N) is 1. The van der Waals surface area contributed by atoms with Crippen molar-refractivity contribution >= 4 is 0 Å². The molecule has 2 N–H and O–H groups in total. The molecule has 0 aromatic heterocycles. The molecule has 1 aliphatic heterocycles. The quantitative estimate of drug-likeness (QED) is 0.604. The second-order valence-corrected chi connectivity index (χ2v) is 2.69. The number of aliphatic hydroxyl groups is 1. The summed E-state index contributed by atoms with van der Waals surface area (Å²) >= 11 is 0. The van der Waals surface area contributed by atoms with E-state index in [0.717, 1.165) is 0 Å². The van der Waals surface area contributed by atoms with Crippen molar-refractivity contribution in [2.45, 2.75) is 31.2 Å². The first kappa shape index (κ1) is 8.80. The van der Waals surface area contributed by atoms with Crippen LogP contribution >= 0.6 is 0 Å². The Balaban J connectivity index is 2.46. The maximum Gasteiger partial charge on any atom is 0.415 e. The summed E-state index contributed by atoms with van der Waals surface area (Å²) in [5.41, 5.74) is 0. The van der Waals surface area contributed by atoms with Crippen molar-refractivity contribution in [2.75, 3.05) is 6.54 Å². The molecule has 11 heavy (non-hydrogen) atoms. The lowest BCUT2D eigenvalue weighted by Gasteiger charge is -2.20. The minimum absolute atomic E-state index is 0.403. The highest BCUT2D eigenvalue weighted by atomic mass is 19.4. The Labute approximate surface area is 62.4 Å². The van der Waals surface area contributed by atoms with Crippen molar-refractivity contribution in [3.63, 3.8) is 0 Å². The summed E-state index contributed by atoms with van der Waals surface area (Å²) in [5, 5.41) is 11.3. The molecule has 1 saturated heterocycles. The molecule has 1 heterocycles. The second kappa shape index (κ2) is 2.98. The Morgan fingerprint density at radius 3 is 2.45 bits per heavy atom. The number of alkyl halides is 3. The Morgan fingerprint density at radius 2 is 2.09 bits per heavy atom. The van der Waals surface area contributed by atoms with E-state index in [4.69, 9.17) is 5.11 Å². The fourth-order valence-corrected chi connectivity index (χ4v) is 1.21. The maximum absolute atomic E-state index is 11.8. The van der Waals surface area contributed by atoms with Crippen molar-refractivity contribution < 1.29 is 18.3 Å². The number of hydrogen-bond donors (Lipinski definition) is 2. The van der Waals surface area contributed by atoms with Gasteiger partial charge in [-0.3, -0.25) is 0 Å². The van der Waals surface area contributed by atoms with E-state index < -0.39 is 18.3 Å². The molecule has 0 spiro atoms. The Bertz CT molecular complexity index is 130. The minimum atomic E-state index is -4.48. The van der Waals surface area contributed by atoms with Gasteiger partial charge in [-0.1, -0.05) is 0 Å². The summed E-state index contributed by atoms with van der Waals surface area (Å²) in [6.07, 6.45) is -5.58. The zero-order valence-electron chi connectivity index (χ0n) is 5.86. The molecule has 0 bridgehead atoms. The first-order valence-electron chi connectivity index (χ1n) is 3.50. The fraction of sp³-hybridized carbons (Fsp3) is 1.00. The SMILES string of the molecule is O[C@H]([C@@H]1CCCN1)C(F)(F)F. The third-order valence-electron chi connectivity index (χ3n) is 1.81. The summed E-state index contributed by atoms with van der Waals surface area (Å²) < 4.78 is 35.4. The van der Waals surface area contributed by atoms with Gasteiger partial charge >= 0.3 is 6.18 Å². The molecule has 0 saturated carbocycles. The van der Waals surface area contributed by atoms with Crippen molar-refractivity contribution in [1.29, 1.82) is 0 Å². The molecule has 5 heteroatoms. The Morgan fingerprint density at radius 1 is 1.45 bits per heavy atom. The van der Waals surface area contributed by atoms with Crippen LogP contribution in [0.15, 0.2) is 0 Å². The third kappa shape index (κ3) is 2.07. The summed E-state index contributed by atoms with van der Waals surface area (Å²) in [6, 6.07) is -0.796. The highest BCUT2D eigenvalue weighted by Gasteiger charge is 2.44. The molecule has 0 aromatic rings. The topological polar surface area (TPSA) is 32.3 Å². The smallest absolute Gasteiger partial charge is 0.382 e. The first-order chi connectivity index (χ1) is 5.02. The lowest BCUT2D eigenvalue weighted by Crippen LogP contribution is -2.44. The highest BCUT2D eigenvalue weighted by Crippen LogP contribution is 2.25. The number of halogens is 3. The average Bonchev–Trinajstić information content (AvgIpc) is 2.34. The lowest BCUT2D eigenvalue weighted by atomic mass is 10.1. The van der Waals surface area contributed by atoms with Crippen LogP contribution in [0.5, 0.6) is 0 Å². The largest absolute Gasteiger partial charge is 0.415 e. The number of rotatable bonds is 1. The zero-order chi connectivity index (χ0) is 8.48. The van der Waals surface area contributed by atoms with Gasteiger partial charge in [0.25, 0.3) is 0 Å². The van der Waals surface area contributed by atoms with Gasteiger partial charge in [0.15, 0.2) is 6.10 Å². The van der Waals surface area contributed by atoms with Gasteiger partial charge in [0.05, 0.1) is 0 Å². The van der Waals surface area contributed by atoms with Gasteiger partial charge in [-0.25, -0.2) is 0 Å².